The number of nitriles is 1. The third-order valence-electron chi connectivity index (χ3n) is 6.69. The first-order valence-corrected chi connectivity index (χ1v) is 12.3. The predicted molar refractivity (Wildman–Crippen MR) is 154 cm³/mol. The molecule has 0 aromatic heterocycles. The Balaban J connectivity index is 1.49. The van der Waals surface area contributed by atoms with Gasteiger partial charge in [-0.25, -0.2) is 0 Å². The maximum Gasteiger partial charge on any atom is 0.101 e. The van der Waals surface area contributed by atoms with Gasteiger partial charge >= 0.3 is 0 Å². The van der Waals surface area contributed by atoms with E-state index in [9.17, 15) is 5.26 Å². The van der Waals surface area contributed by atoms with Crippen LogP contribution in [0.4, 0.5) is 17.1 Å². The fourth-order valence-electron chi connectivity index (χ4n) is 4.89. The fourth-order valence-corrected chi connectivity index (χ4v) is 4.89. The summed E-state index contributed by atoms with van der Waals surface area (Å²) in [6.07, 6.45) is 0. The average molecular weight is 473 g/mol. The molecule has 0 radical (unpaired) electrons. The SMILES string of the molecule is N#Cc1ccccc1N(c1ccccc1)c1ccc(-c2cc3ccccc3cc2-c2ccccc2)cc1. The van der Waals surface area contributed by atoms with Crippen molar-refractivity contribution >= 4 is 27.8 Å². The van der Waals surface area contributed by atoms with E-state index in [2.05, 4.69) is 114 Å². The van der Waals surface area contributed by atoms with Gasteiger partial charge in [-0.1, -0.05) is 97.1 Å². The smallest absolute Gasteiger partial charge is 0.101 e. The zero-order valence-electron chi connectivity index (χ0n) is 20.3. The van der Waals surface area contributed by atoms with Gasteiger partial charge < -0.3 is 4.90 Å². The van der Waals surface area contributed by atoms with E-state index in [1.165, 1.54) is 27.5 Å². The minimum atomic E-state index is 0.635. The quantitative estimate of drug-likeness (QED) is 0.250. The summed E-state index contributed by atoms with van der Waals surface area (Å²) in [5, 5.41) is 12.2. The van der Waals surface area contributed by atoms with Gasteiger partial charge in [0, 0.05) is 11.4 Å². The van der Waals surface area contributed by atoms with E-state index in [0.29, 0.717) is 5.56 Å². The molecule has 0 atom stereocenters. The Labute approximate surface area is 217 Å². The number of benzene rings is 6. The summed E-state index contributed by atoms with van der Waals surface area (Å²) in [6.45, 7) is 0. The zero-order valence-corrected chi connectivity index (χ0v) is 20.3. The van der Waals surface area contributed by atoms with Gasteiger partial charge in [0.2, 0.25) is 0 Å². The average Bonchev–Trinajstić information content (AvgIpc) is 2.98. The molecular formula is C35H24N2. The number of rotatable bonds is 5. The third kappa shape index (κ3) is 4.35. The Bertz CT molecular complexity index is 1710. The van der Waals surface area contributed by atoms with Crippen molar-refractivity contribution < 1.29 is 0 Å². The number of nitrogens with zero attached hydrogens (tertiary/aromatic N) is 2. The van der Waals surface area contributed by atoms with Crippen molar-refractivity contribution in [1.29, 1.82) is 5.26 Å². The van der Waals surface area contributed by atoms with E-state index in [-0.39, 0.29) is 0 Å². The molecule has 2 heteroatoms. The molecule has 6 rings (SSSR count). The molecule has 0 saturated carbocycles. The monoisotopic (exact) mass is 472 g/mol. The van der Waals surface area contributed by atoms with Crippen LogP contribution in [-0.4, -0.2) is 0 Å². The summed E-state index contributed by atoms with van der Waals surface area (Å²) in [6, 6.07) is 52.5. The topological polar surface area (TPSA) is 27.0 Å². The van der Waals surface area contributed by atoms with Crippen LogP contribution < -0.4 is 4.90 Å². The maximum absolute atomic E-state index is 9.80. The van der Waals surface area contributed by atoms with Gasteiger partial charge in [-0.2, -0.15) is 5.26 Å². The normalized spacial score (nSPS) is 10.7. The summed E-state index contributed by atoms with van der Waals surface area (Å²) in [5.41, 5.74) is 8.25. The number of para-hydroxylation sites is 2. The first-order valence-electron chi connectivity index (χ1n) is 12.3. The van der Waals surface area contributed by atoms with Crippen LogP contribution in [0.1, 0.15) is 5.56 Å². The van der Waals surface area contributed by atoms with Crippen molar-refractivity contribution in [2.75, 3.05) is 4.90 Å². The Hall–Kier alpha value is -5.13. The highest BCUT2D eigenvalue weighted by Crippen LogP contribution is 2.39. The van der Waals surface area contributed by atoms with Gasteiger partial charge in [0.15, 0.2) is 0 Å². The van der Waals surface area contributed by atoms with Crippen molar-refractivity contribution in [3.8, 4) is 28.3 Å². The van der Waals surface area contributed by atoms with Crippen molar-refractivity contribution in [3.05, 3.63) is 151 Å². The molecule has 174 valence electrons. The van der Waals surface area contributed by atoms with Crippen molar-refractivity contribution in [3.63, 3.8) is 0 Å². The van der Waals surface area contributed by atoms with Crippen LogP contribution >= 0.6 is 0 Å². The lowest BCUT2D eigenvalue weighted by Crippen LogP contribution is -2.11. The van der Waals surface area contributed by atoms with Crippen LogP contribution in [-0.2, 0) is 0 Å². The molecule has 0 aliphatic heterocycles. The van der Waals surface area contributed by atoms with E-state index in [1.807, 2.05) is 42.5 Å². The van der Waals surface area contributed by atoms with E-state index in [1.54, 1.807) is 0 Å². The lowest BCUT2D eigenvalue weighted by molar-refractivity contribution is 1.27. The Morgan fingerprint density at radius 1 is 0.459 bits per heavy atom. The van der Waals surface area contributed by atoms with Crippen molar-refractivity contribution in [2.45, 2.75) is 0 Å². The molecule has 2 nitrogen and oxygen atoms in total. The van der Waals surface area contributed by atoms with Gasteiger partial charge in [-0.05, 0) is 81.6 Å². The molecule has 0 bridgehead atoms. The summed E-state index contributed by atoms with van der Waals surface area (Å²) in [4.78, 5) is 2.14. The summed E-state index contributed by atoms with van der Waals surface area (Å²) in [7, 11) is 0. The second-order valence-corrected chi connectivity index (χ2v) is 8.96. The number of anilines is 3. The summed E-state index contributed by atoms with van der Waals surface area (Å²) in [5.74, 6) is 0. The standard InChI is InChI=1S/C35H24N2/c36-25-30-15-9-10-18-35(30)37(31-16-5-2-6-17-31)32-21-19-27(20-22-32)34-24-29-14-8-7-13-28(29)23-33(34)26-11-3-1-4-12-26/h1-24H. The van der Waals surface area contributed by atoms with E-state index in [0.717, 1.165) is 22.6 Å². The highest BCUT2D eigenvalue weighted by Gasteiger charge is 2.16. The van der Waals surface area contributed by atoms with Crippen LogP contribution in [0.25, 0.3) is 33.0 Å². The summed E-state index contributed by atoms with van der Waals surface area (Å²) < 4.78 is 0. The largest absolute Gasteiger partial charge is 0.309 e. The van der Waals surface area contributed by atoms with Crippen LogP contribution in [0.15, 0.2) is 146 Å². The first-order chi connectivity index (χ1) is 18.3. The summed E-state index contributed by atoms with van der Waals surface area (Å²) >= 11 is 0. The molecule has 0 aliphatic rings. The molecule has 0 amide bonds. The fraction of sp³-hybridized carbons (Fsp3) is 0. The van der Waals surface area contributed by atoms with E-state index < -0.39 is 0 Å². The van der Waals surface area contributed by atoms with Gasteiger partial charge in [-0.15, -0.1) is 0 Å². The molecule has 0 aliphatic carbocycles. The van der Waals surface area contributed by atoms with Gasteiger partial charge in [0.25, 0.3) is 0 Å². The Kier molecular flexibility index (Phi) is 5.95. The number of hydrogen-bond donors (Lipinski definition) is 0. The van der Waals surface area contributed by atoms with E-state index in [4.69, 9.17) is 0 Å². The molecule has 0 fully saturated rings. The lowest BCUT2D eigenvalue weighted by atomic mass is 9.91. The molecule has 0 N–H and O–H groups in total. The first kappa shape index (κ1) is 22.3. The number of fused-ring (bicyclic) bond motifs is 1. The predicted octanol–water partition coefficient (Wildman–Crippen LogP) is 9.52. The zero-order chi connectivity index (χ0) is 25.0. The molecule has 37 heavy (non-hydrogen) atoms. The maximum atomic E-state index is 9.80. The minimum absolute atomic E-state index is 0.635. The lowest BCUT2D eigenvalue weighted by Gasteiger charge is -2.26. The van der Waals surface area contributed by atoms with Gasteiger partial charge in [0.1, 0.15) is 6.07 Å². The molecule has 0 heterocycles. The minimum Gasteiger partial charge on any atom is -0.309 e. The van der Waals surface area contributed by atoms with Crippen LogP contribution in [0.5, 0.6) is 0 Å². The molecule has 0 saturated heterocycles. The van der Waals surface area contributed by atoms with Crippen LogP contribution in [0.2, 0.25) is 0 Å². The Morgan fingerprint density at radius 3 is 1.57 bits per heavy atom. The van der Waals surface area contributed by atoms with Crippen LogP contribution in [0, 0.1) is 11.3 Å². The van der Waals surface area contributed by atoms with Gasteiger partial charge in [0.05, 0.1) is 11.3 Å². The van der Waals surface area contributed by atoms with Crippen molar-refractivity contribution in [1.82, 2.24) is 0 Å². The molecule has 6 aromatic rings. The highest BCUT2D eigenvalue weighted by atomic mass is 15.1. The second kappa shape index (κ2) is 9.85. The second-order valence-electron chi connectivity index (χ2n) is 8.96. The molecule has 0 unspecified atom stereocenters. The van der Waals surface area contributed by atoms with Gasteiger partial charge in [-0.3, -0.25) is 0 Å². The molecular weight excluding hydrogens is 448 g/mol. The molecule has 6 aromatic carbocycles. The van der Waals surface area contributed by atoms with Crippen molar-refractivity contribution in [2.24, 2.45) is 0 Å². The highest BCUT2D eigenvalue weighted by molar-refractivity contribution is 5.96. The Morgan fingerprint density at radius 2 is 0.946 bits per heavy atom. The third-order valence-corrected chi connectivity index (χ3v) is 6.69. The van der Waals surface area contributed by atoms with E-state index >= 15 is 0 Å². The van der Waals surface area contributed by atoms with Crippen LogP contribution in [0.3, 0.4) is 0 Å². The molecule has 0 spiro atoms. The number of hydrogen-bond acceptors (Lipinski definition) is 2.